The van der Waals surface area contributed by atoms with E-state index in [-0.39, 0.29) is 16.3 Å². The fourth-order valence-electron chi connectivity index (χ4n) is 0.943. The first-order valence-corrected chi connectivity index (χ1v) is 4.01. The Bertz CT molecular complexity index is 371. The predicted octanol–water partition coefficient (Wildman–Crippen LogP) is 3.50. The molecule has 0 radical (unpaired) electrons. The summed E-state index contributed by atoms with van der Waals surface area (Å²) in [6.07, 6.45) is -4.49. The van der Waals surface area contributed by atoms with Crippen LogP contribution in [-0.2, 0) is 0 Å². The molecule has 76 valence electrons. The number of hydrogen-bond acceptors (Lipinski definition) is 1. The third-order valence-corrected chi connectivity index (χ3v) is 1.92. The number of hydrogen-bond donors (Lipinski definition) is 1. The fraction of sp³-hybridized carbons (Fsp3) is 0.111. The average Bonchev–Trinajstić information content (AvgIpc) is 2.06. The van der Waals surface area contributed by atoms with Crippen LogP contribution in [0.4, 0.5) is 18.9 Å². The zero-order valence-electron chi connectivity index (χ0n) is 7.03. The van der Waals surface area contributed by atoms with Gasteiger partial charge in [-0.3, -0.25) is 0 Å². The van der Waals surface area contributed by atoms with Crippen LogP contribution in [0.15, 0.2) is 24.8 Å². The van der Waals surface area contributed by atoms with Gasteiger partial charge >= 0.3 is 6.18 Å². The van der Waals surface area contributed by atoms with E-state index in [9.17, 15) is 13.2 Å². The molecule has 0 aliphatic rings. The van der Waals surface area contributed by atoms with Crippen LogP contribution in [0.5, 0.6) is 0 Å². The first-order valence-electron chi connectivity index (χ1n) is 3.64. The molecule has 1 rings (SSSR count). The van der Waals surface area contributed by atoms with Gasteiger partial charge in [0.15, 0.2) is 0 Å². The normalized spacial score (nSPS) is 11.4. The second-order valence-corrected chi connectivity index (χ2v) is 3.14. The molecule has 0 saturated carbocycles. The first kappa shape index (κ1) is 10.9. The highest BCUT2D eigenvalue weighted by Gasteiger charge is 2.33. The average molecular weight is 222 g/mol. The molecule has 0 heterocycles. The van der Waals surface area contributed by atoms with Gasteiger partial charge in [0, 0.05) is 16.3 Å². The van der Waals surface area contributed by atoms with Gasteiger partial charge in [-0.1, -0.05) is 18.2 Å². The van der Waals surface area contributed by atoms with Gasteiger partial charge in [0.2, 0.25) is 0 Å². The van der Waals surface area contributed by atoms with E-state index < -0.39 is 11.7 Å². The van der Waals surface area contributed by atoms with Crippen molar-refractivity contribution in [1.29, 1.82) is 0 Å². The third kappa shape index (κ3) is 2.20. The van der Waals surface area contributed by atoms with E-state index in [2.05, 4.69) is 6.58 Å². The molecule has 0 amide bonds. The molecule has 0 aliphatic carbocycles. The number of rotatable bonds is 1. The van der Waals surface area contributed by atoms with Gasteiger partial charge in [-0.05, 0) is 18.2 Å². The van der Waals surface area contributed by atoms with Crippen LogP contribution >= 0.6 is 11.6 Å². The maximum absolute atomic E-state index is 12.2. The van der Waals surface area contributed by atoms with Crippen LogP contribution in [0.25, 0.3) is 5.57 Å². The number of nitrogens with two attached hydrogens (primary N) is 1. The lowest BCUT2D eigenvalue weighted by molar-refractivity contribution is -0.0686. The molecule has 0 fully saturated rings. The standard InChI is InChI=1S/C9H7ClF3N/c1-5(9(11,12)13)7-4-6(10)2-3-8(7)14/h2-4H,1,14H2. The van der Waals surface area contributed by atoms with Crippen LogP contribution in [0.1, 0.15) is 5.56 Å². The summed E-state index contributed by atoms with van der Waals surface area (Å²) < 4.78 is 36.7. The molecular formula is C9H7ClF3N. The molecule has 0 unspecified atom stereocenters. The van der Waals surface area contributed by atoms with Gasteiger partial charge in [-0.15, -0.1) is 0 Å². The van der Waals surface area contributed by atoms with E-state index in [0.29, 0.717) is 0 Å². The molecule has 0 atom stereocenters. The number of nitrogen functional groups attached to an aromatic ring is 1. The summed E-state index contributed by atoms with van der Waals surface area (Å²) in [6.45, 7) is 2.93. The lowest BCUT2D eigenvalue weighted by Gasteiger charge is -2.12. The minimum atomic E-state index is -4.49. The van der Waals surface area contributed by atoms with Crippen molar-refractivity contribution in [2.75, 3.05) is 5.73 Å². The Balaban J connectivity index is 3.19. The molecule has 0 aliphatic heterocycles. The number of benzene rings is 1. The maximum Gasteiger partial charge on any atom is 0.416 e. The summed E-state index contributed by atoms with van der Waals surface area (Å²) in [6, 6.07) is 3.88. The smallest absolute Gasteiger partial charge is 0.398 e. The Hall–Kier alpha value is -1.16. The Kier molecular flexibility index (Phi) is 2.76. The van der Waals surface area contributed by atoms with E-state index in [1.165, 1.54) is 12.1 Å². The molecule has 0 spiro atoms. The van der Waals surface area contributed by atoms with Crippen LogP contribution in [0.3, 0.4) is 0 Å². The molecule has 5 heteroatoms. The number of alkyl halides is 3. The number of allylic oxidation sites excluding steroid dienone is 1. The first-order chi connectivity index (χ1) is 6.32. The largest absolute Gasteiger partial charge is 0.416 e. The molecule has 2 N–H and O–H groups in total. The molecule has 1 aromatic carbocycles. The molecule has 14 heavy (non-hydrogen) atoms. The third-order valence-electron chi connectivity index (χ3n) is 1.68. The topological polar surface area (TPSA) is 26.0 Å². The van der Waals surface area contributed by atoms with Crippen LogP contribution in [0.2, 0.25) is 5.02 Å². The minimum absolute atomic E-state index is 0.0109. The van der Waals surface area contributed by atoms with Gasteiger partial charge in [-0.2, -0.15) is 13.2 Å². The van der Waals surface area contributed by atoms with Crippen molar-refractivity contribution in [3.63, 3.8) is 0 Å². The quantitative estimate of drug-likeness (QED) is 0.722. The predicted molar refractivity (Wildman–Crippen MR) is 51.0 cm³/mol. The second kappa shape index (κ2) is 3.53. The van der Waals surface area contributed by atoms with Gasteiger partial charge in [-0.25, -0.2) is 0 Å². The summed E-state index contributed by atoms with van der Waals surface area (Å²) in [7, 11) is 0. The summed E-state index contributed by atoms with van der Waals surface area (Å²) in [4.78, 5) is 0. The van der Waals surface area contributed by atoms with Crippen molar-refractivity contribution in [1.82, 2.24) is 0 Å². The second-order valence-electron chi connectivity index (χ2n) is 2.71. The molecule has 0 aromatic heterocycles. The van der Waals surface area contributed by atoms with E-state index in [0.717, 1.165) is 6.07 Å². The minimum Gasteiger partial charge on any atom is -0.398 e. The van der Waals surface area contributed by atoms with Crippen molar-refractivity contribution >= 4 is 22.9 Å². The Morgan fingerprint density at radius 2 is 1.93 bits per heavy atom. The van der Waals surface area contributed by atoms with Crippen molar-refractivity contribution in [2.24, 2.45) is 0 Å². The highest BCUT2D eigenvalue weighted by molar-refractivity contribution is 6.30. The Morgan fingerprint density at radius 3 is 2.43 bits per heavy atom. The lowest BCUT2D eigenvalue weighted by atomic mass is 10.1. The van der Waals surface area contributed by atoms with E-state index in [1.54, 1.807) is 0 Å². The van der Waals surface area contributed by atoms with Gasteiger partial charge in [0.05, 0.1) is 5.57 Å². The maximum atomic E-state index is 12.2. The summed E-state index contributed by atoms with van der Waals surface area (Å²) in [5.41, 5.74) is 4.21. The number of anilines is 1. The van der Waals surface area contributed by atoms with Gasteiger partial charge < -0.3 is 5.73 Å². The molecule has 1 nitrogen and oxygen atoms in total. The highest BCUT2D eigenvalue weighted by atomic mass is 35.5. The lowest BCUT2D eigenvalue weighted by Crippen LogP contribution is -2.11. The van der Waals surface area contributed by atoms with Crippen LogP contribution < -0.4 is 5.73 Å². The van der Waals surface area contributed by atoms with Crippen molar-refractivity contribution in [3.05, 3.63) is 35.4 Å². The zero-order chi connectivity index (χ0) is 10.9. The fourth-order valence-corrected chi connectivity index (χ4v) is 1.11. The monoisotopic (exact) mass is 221 g/mol. The summed E-state index contributed by atoms with van der Waals surface area (Å²) in [5.74, 6) is 0. The van der Waals surface area contributed by atoms with E-state index in [4.69, 9.17) is 17.3 Å². The summed E-state index contributed by atoms with van der Waals surface area (Å²) in [5, 5.41) is 0.194. The zero-order valence-corrected chi connectivity index (χ0v) is 7.78. The highest BCUT2D eigenvalue weighted by Crippen LogP contribution is 2.35. The van der Waals surface area contributed by atoms with Gasteiger partial charge in [0.25, 0.3) is 0 Å². The Labute approximate surface area is 84.0 Å². The molecule has 0 saturated heterocycles. The van der Waals surface area contributed by atoms with Crippen molar-refractivity contribution in [3.8, 4) is 0 Å². The van der Waals surface area contributed by atoms with E-state index >= 15 is 0 Å². The van der Waals surface area contributed by atoms with Crippen molar-refractivity contribution < 1.29 is 13.2 Å². The van der Waals surface area contributed by atoms with Gasteiger partial charge in [0.1, 0.15) is 0 Å². The molecule has 1 aromatic rings. The molecule has 0 bridgehead atoms. The van der Waals surface area contributed by atoms with Crippen LogP contribution in [0, 0.1) is 0 Å². The van der Waals surface area contributed by atoms with Crippen molar-refractivity contribution in [2.45, 2.75) is 6.18 Å². The summed E-state index contributed by atoms with van der Waals surface area (Å²) >= 11 is 5.55. The van der Waals surface area contributed by atoms with E-state index in [1.807, 2.05) is 0 Å². The SMILES string of the molecule is C=C(c1cc(Cl)ccc1N)C(F)(F)F. The van der Waals surface area contributed by atoms with Crippen LogP contribution in [-0.4, -0.2) is 6.18 Å². The molecular weight excluding hydrogens is 215 g/mol. The Morgan fingerprint density at radius 1 is 1.36 bits per heavy atom. The number of halogens is 4.